The van der Waals surface area contributed by atoms with Crippen LogP contribution in [0.4, 0.5) is 0 Å². The lowest BCUT2D eigenvalue weighted by Crippen LogP contribution is -2.45. The summed E-state index contributed by atoms with van der Waals surface area (Å²) in [6, 6.07) is 2.51. The van der Waals surface area contributed by atoms with E-state index < -0.39 is 0 Å². The quantitative estimate of drug-likeness (QED) is 0.902. The van der Waals surface area contributed by atoms with Crippen LogP contribution in [0.1, 0.15) is 31.2 Å². The Bertz CT molecular complexity index is 342. The number of aryl methyl sites for hydroxylation is 1. The molecule has 98 valence electrons. The average molecular weight is 260 g/mol. The third-order valence-electron chi connectivity index (χ3n) is 3.41. The van der Waals surface area contributed by atoms with E-state index >= 15 is 0 Å². The minimum atomic E-state index is 0. The predicted octanol–water partition coefficient (Wildman–Crippen LogP) is 1.96. The molecule has 2 rings (SSSR count). The second-order valence-corrected chi connectivity index (χ2v) is 4.92. The maximum absolute atomic E-state index is 5.83. The van der Waals surface area contributed by atoms with Gasteiger partial charge in [-0.1, -0.05) is 12.1 Å². The van der Waals surface area contributed by atoms with Crippen LogP contribution in [-0.4, -0.2) is 29.2 Å². The van der Waals surface area contributed by atoms with Crippen molar-refractivity contribution in [3.05, 3.63) is 17.5 Å². The molecule has 2 N–H and O–H groups in total. The summed E-state index contributed by atoms with van der Waals surface area (Å²) in [5.74, 6) is 1.67. The molecular weight excluding hydrogens is 238 g/mol. The van der Waals surface area contributed by atoms with Gasteiger partial charge in [0.2, 0.25) is 0 Å². The molecule has 0 aromatic carbocycles. The number of hydrogen-bond acceptors (Lipinski definition) is 4. The van der Waals surface area contributed by atoms with Gasteiger partial charge in [0.1, 0.15) is 5.76 Å². The smallest absolute Gasteiger partial charge is 0.133 e. The first-order chi connectivity index (χ1) is 7.69. The van der Waals surface area contributed by atoms with Gasteiger partial charge in [0.25, 0.3) is 0 Å². The molecule has 0 aliphatic carbocycles. The van der Waals surface area contributed by atoms with Crippen molar-refractivity contribution in [2.24, 2.45) is 11.7 Å². The van der Waals surface area contributed by atoms with E-state index in [2.05, 4.69) is 17.0 Å². The van der Waals surface area contributed by atoms with E-state index in [-0.39, 0.29) is 12.4 Å². The topological polar surface area (TPSA) is 55.3 Å². The van der Waals surface area contributed by atoms with Gasteiger partial charge in [0.05, 0.1) is 5.69 Å². The molecule has 1 aromatic rings. The van der Waals surface area contributed by atoms with Gasteiger partial charge in [0, 0.05) is 25.2 Å². The Kier molecular flexibility index (Phi) is 5.43. The van der Waals surface area contributed by atoms with Crippen LogP contribution >= 0.6 is 12.4 Å². The molecule has 1 aliphatic heterocycles. The summed E-state index contributed by atoms with van der Waals surface area (Å²) >= 11 is 0. The highest BCUT2D eigenvalue weighted by molar-refractivity contribution is 5.85. The number of piperidine rings is 1. The standard InChI is InChI=1S/C12H21N3O.ClH/c1-9-3-4-15(12(5-9)7-13)8-11-6-10(2)16-14-11;/h6,9,12H,3-5,7-8,13H2,1-2H3;1H. The van der Waals surface area contributed by atoms with Gasteiger partial charge < -0.3 is 10.3 Å². The van der Waals surface area contributed by atoms with E-state index in [1.807, 2.05) is 13.0 Å². The summed E-state index contributed by atoms with van der Waals surface area (Å²) in [6.45, 7) is 6.96. The van der Waals surface area contributed by atoms with Gasteiger partial charge in [-0.05, 0) is 32.2 Å². The number of hydrogen-bond donors (Lipinski definition) is 1. The molecule has 17 heavy (non-hydrogen) atoms. The summed E-state index contributed by atoms with van der Waals surface area (Å²) in [5.41, 5.74) is 6.85. The lowest BCUT2D eigenvalue weighted by atomic mass is 9.92. The SMILES string of the molecule is Cc1cc(CN2CCC(C)CC2CN)no1.Cl. The Morgan fingerprint density at radius 3 is 2.94 bits per heavy atom. The number of rotatable bonds is 3. The lowest BCUT2D eigenvalue weighted by molar-refractivity contribution is 0.112. The molecule has 2 heterocycles. The van der Waals surface area contributed by atoms with Gasteiger partial charge in [-0.3, -0.25) is 4.90 Å². The molecule has 0 radical (unpaired) electrons. The van der Waals surface area contributed by atoms with Crippen molar-refractivity contribution in [2.75, 3.05) is 13.1 Å². The number of likely N-dealkylation sites (tertiary alicyclic amines) is 1. The van der Waals surface area contributed by atoms with Crippen LogP contribution in [-0.2, 0) is 6.54 Å². The van der Waals surface area contributed by atoms with Crippen molar-refractivity contribution >= 4 is 12.4 Å². The van der Waals surface area contributed by atoms with Crippen molar-refractivity contribution in [3.8, 4) is 0 Å². The molecule has 4 nitrogen and oxygen atoms in total. The lowest BCUT2D eigenvalue weighted by Gasteiger charge is -2.37. The van der Waals surface area contributed by atoms with Crippen LogP contribution in [0, 0.1) is 12.8 Å². The van der Waals surface area contributed by atoms with Crippen molar-refractivity contribution in [1.29, 1.82) is 0 Å². The number of aromatic nitrogens is 1. The Labute approximate surface area is 109 Å². The first kappa shape index (κ1) is 14.5. The fourth-order valence-electron chi connectivity index (χ4n) is 2.45. The van der Waals surface area contributed by atoms with Crippen LogP contribution in [0.2, 0.25) is 0 Å². The third kappa shape index (κ3) is 3.69. The second-order valence-electron chi connectivity index (χ2n) is 4.92. The highest BCUT2D eigenvalue weighted by atomic mass is 35.5. The number of nitrogens with two attached hydrogens (primary N) is 1. The van der Waals surface area contributed by atoms with E-state index in [9.17, 15) is 0 Å². The van der Waals surface area contributed by atoms with Crippen molar-refractivity contribution in [1.82, 2.24) is 10.1 Å². The zero-order chi connectivity index (χ0) is 11.5. The van der Waals surface area contributed by atoms with E-state index in [1.54, 1.807) is 0 Å². The molecular formula is C12H22ClN3O. The Morgan fingerprint density at radius 2 is 2.35 bits per heavy atom. The van der Waals surface area contributed by atoms with Crippen molar-refractivity contribution in [3.63, 3.8) is 0 Å². The van der Waals surface area contributed by atoms with Gasteiger partial charge in [-0.25, -0.2) is 0 Å². The Hall–Kier alpha value is -0.580. The van der Waals surface area contributed by atoms with Crippen molar-refractivity contribution in [2.45, 2.75) is 39.3 Å². The largest absolute Gasteiger partial charge is 0.361 e. The van der Waals surface area contributed by atoms with Crippen LogP contribution in [0.5, 0.6) is 0 Å². The predicted molar refractivity (Wildman–Crippen MR) is 70.1 cm³/mol. The zero-order valence-corrected chi connectivity index (χ0v) is 11.4. The first-order valence-electron chi connectivity index (χ1n) is 6.05. The molecule has 0 spiro atoms. The Balaban J connectivity index is 0.00000144. The van der Waals surface area contributed by atoms with Crippen LogP contribution in [0.15, 0.2) is 10.6 Å². The van der Waals surface area contributed by atoms with E-state index in [1.165, 1.54) is 12.8 Å². The zero-order valence-electron chi connectivity index (χ0n) is 10.6. The fraction of sp³-hybridized carbons (Fsp3) is 0.750. The molecule has 1 saturated heterocycles. The summed E-state index contributed by atoms with van der Waals surface area (Å²) in [7, 11) is 0. The van der Waals surface area contributed by atoms with E-state index in [0.717, 1.165) is 37.0 Å². The molecule has 2 unspecified atom stereocenters. The van der Waals surface area contributed by atoms with Crippen LogP contribution in [0.3, 0.4) is 0 Å². The summed E-state index contributed by atoms with van der Waals surface area (Å²) in [4.78, 5) is 2.43. The van der Waals surface area contributed by atoms with E-state index in [0.29, 0.717) is 6.04 Å². The summed E-state index contributed by atoms with van der Waals surface area (Å²) < 4.78 is 5.09. The van der Waals surface area contributed by atoms with E-state index in [4.69, 9.17) is 10.3 Å². The number of nitrogens with zero attached hydrogens (tertiary/aromatic N) is 2. The molecule has 1 fully saturated rings. The normalized spacial score (nSPS) is 25.6. The maximum atomic E-state index is 5.83. The molecule has 5 heteroatoms. The second kappa shape index (κ2) is 6.38. The number of halogens is 1. The molecule has 1 aromatic heterocycles. The van der Waals surface area contributed by atoms with Crippen LogP contribution < -0.4 is 5.73 Å². The fourth-order valence-corrected chi connectivity index (χ4v) is 2.45. The van der Waals surface area contributed by atoms with Gasteiger partial charge in [0.15, 0.2) is 0 Å². The van der Waals surface area contributed by atoms with Gasteiger partial charge in [-0.15, -0.1) is 12.4 Å². The molecule has 0 saturated carbocycles. The average Bonchev–Trinajstić information content (AvgIpc) is 2.67. The van der Waals surface area contributed by atoms with Crippen LogP contribution in [0.25, 0.3) is 0 Å². The molecule has 0 bridgehead atoms. The molecule has 2 atom stereocenters. The molecule has 1 aliphatic rings. The minimum absolute atomic E-state index is 0. The van der Waals surface area contributed by atoms with Gasteiger partial charge in [-0.2, -0.15) is 0 Å². The Morgan fingerprint density at radius 1 is 1.59 bits per heavy atom. The highest BCUT2D eigenvalue weighted by Gasteiger charge is 2.25. The first-order valence-corrected chi connectivity index (χ1v) is 6.05. The molecule has 0 amide bonds. The maximum Gasteiger partial charge on any atom is 0.133 e. The monoisotopic (exact) mass is 259 g/mol. The highest BCUT2D eigenvalue weighted by Crippen LogP contribution is 2.23. The van der Waals surface area contributed by atoms with Crippen molar-refractivity contribution < 1.29 is 4.52 Å². The summed E-state index contributed by atoms with van der Waals surface area (Å²) in [6.07, 6.45) is 2.46. The minimum Gasteiger partial charge on any atom is -0.361 e. The summed E-state index contributed by atoms with van der Waals surface area (Å²) in [5, 5.41) is 4.04. The van der Waals surface area contributed by atoms with Gasteiger partial charge >= 0.3 is 0 Å². The third-order valence-corrected chi connectivity index (χ3v) is 3.41.